The molecule has 1 heterocycles. The number of carbonyl (C=O) groups excluding carboxylic acids is 1. The lowest BCUT2D eigenvalue weighted by atomic mass is 10.1. The number of ether oxygens (including phenoxy) is 1. The van der Waals surface area contributed by atoms with Crippen LogP contribution < -0.4 is 4.74 Å². The summed E-state index contributed by atoms with van der Waals surface area (Å²) < 4.78 is 20.3. The fraction of sp³-hybridized carbons (Fsp3) is 0.429. The predicted molar refractivity (Wildman–Crippen MR) is 76.9 cm³/mol. The van der Waals surface area contributed by atoms with Crippen LogP contribution in [-0.4, -0.2) is 46.7 Å². The zero-order valence-electron chi connectivity index (χ0n) is 11.4. The molecule has 2 rings (SSSR count). The largest absolute Gasteiger partial charge is 0.481 e. The van der Waals surface area contributed by atoms with E-state index in [4.69, 9.17) is 9.84 Å². The van der Waals surface area contributed by atoms with Crippen LogP contribution in [0.25, 0.3) is 0 Å². The van der Waals surface area contributed by atoms with Crippen LogP contribution in [0.3, 0.4) is 0 Å². The quantitative estimate of drug-likeness (QED) is 0.895. The fourth-order valence-electron chi connectivity index (χ4n) is 2.19. The Morgan fingerprint density at radius 3 is 2.81 bits per heavy atom. The average molecular weight is 360 g/mol. The minimum absolute atomic E-state index is 0.0772. The summed E-state index contributed by atoms with van der Waals surface area (Å²) in [5, 5.41) is 8.83. The standard InChI is InChI=1S/C14H15BrFNO4/c1-9(21-11-4-2-3-10(15)7-11)12(18)17-6-5-14(16,8-17)13(19)20/h2-4,7,9H,5-6,8H2,1H3,(H,19,20). The third-order valence-corrected chi connectivity index (χ3v) is 3.86. The van der Waals surface area contributed by atoms with E-state index in [1.807, 2.05) is 6.07 Å². The molecular formula is C14H15BrFNO4. The Kier molecular flexibility index (Phi) is 4.51. The van der Waals surface area contributed by atoms with Gasteiger partial charge in [-0.2, -0.15) is 0 Å². The van der Waals surface area contributed by atoms with Crippen molar-refractivity contribution in [2.45, 2.75) is 25.1 Å². The van der Waals surface area contributed by atoms with E-state index in [0.717, 1.165) is 4.47 Å². The maximum Gasteiger partial charge on any atom is 0.343 e. The van der Waals surface area contributed by atoms with Gasteiger partial charge < -0.3 is 14.7 Å². The molecule has 1 aromatic carbocycles. The van der Waals surface area contributed by atoms with Gasteiger partial charge in [-0.05, 0) is 25.1 Å². The number of carboxylic acids is 1. The SMILES string of the molecule is CC(Oc1cccc(Br)c1)C(=O)N1CCC(F)(C(=O)O)C1. The van der Waals surface area contributed by atoms with Crippen molar-refractivity contribution in [1.29, 1.82) is 0 Å². The van der Waals surface area contributed by atoms with Crippen LogP contribution in [0.2, 0.25) is 0 Å². The second kappa shape index (κ2) is 6.01. The molecule has 1 saturated heterocycles. The van der Waals surface area contributed by atoms with Crippen molar-refractivity contribution in [3.05, 3.63) is 28.7 Å². The molecule has 1 fully saturated rings. The fourth-order valence-corrected chi connectivity index (χ4v) is 2.57. The summed E-state index contributed by atoms with van der Waals surface area (Å²) in [4.78, 5) is 24.2. The first-order chi connectivity index (χ1) is 9.82. The van der Waals surface area contributed by atoms with E-state index in [0.29, 0.717) is 5.75 Å². The van der Waals surface area contributed by atoms with Crippen molar-refractivity contribution in [2.24, 2.45) is 0 Å². The first-order valence-corrected chi connectivity index (χ1v) is 7.24. The number of carbonyl (C=O) groups is 2. The minimum Gasteiger partial charge on any atom is -0.481 e. The zero-order valence-corrected chi connectivity index (χ0v) is 13.0. The molecule has 1 aliphatic heterocycles. The number of alkyl halides is 1. The Morgan fingerprint density at radius 1 is 1.52 bits per heavy atom. The molecule has 0 bridgehead atoms. The van der Waals surface area contributed by atoms with Gasteiger partial charge in [0.2, 0.25) is 5.67 Å². The molecule has 5 nitrogen and oxygen atoms in total. The summed E-state index contributed by atoms with van der Waals surface area (Å²) in [6.07, 6.45) is -1.01. The van der Waals surface area contributed by atoms with E-state index in [1.54, 1.807) is 25.1 Å². The third-order valence-electron chi connectivity index (χ3n) is 3.37. The van der Waals surface area contributed by atoms with Crippen LogP contribution in [0.1, 0.15) is 13.3 Å². The maximum atomic E-state index is 13.9. The first kappa shape index (κ1) is 15.8. The summed E-state index contributed by atoms with van der Waals surface area (Å²) in [5.74, 6) is -1.44. The van der Waals surface area contributed by atoms with E-state index in [1.165, 1.54) is 4.90 Å². The van der Waals surface area contributed by atoms with E-state index < -0.39 is 30.2 Å². The smallest absolute Gasteiger partial charge is 0.343 e. The van der Waals surface area contributed by atoms with Crippen LogP contribution >= 0.6 is 15.9 Å². The van der Waals surface area contributed by atoms with Crippen LogP contribution in [0, 0.1) is 0 Å². The van der Waals surface area contributed by atoms with Gasteiger partial charge in [0.1, 0.15) is 5.75 Å². The van der Waals surface area contributed by atoms with Gasteiger partial charge in [-0.25, -0.2) is 9.18 Å². The van der Waals surface area contributed by atoms with E-state index in [9.17, 15) is 14.0 Å². The highest BCUT2D eigenvalue weighted by atomic mass is 79.9. The van der Waals surface area contributed by atoms with Crippen molar-refractivity contribution < 1.29 is 23.8 Å². The summed E-state index contributed by atoms with van der Waals surface area (Å²) in [6, 6.07) is 7.01. The van der Waals surface area contributed by atoms with Gasteiger partial charge in [0.25, 0.3) is 5.91 Å². The molecule has 2 unspecified atom stereocenters. The molecule has 1 amide bonds. The molecule has 1 aromatic rings. The normalized spacial score (nSPS) is 22.9. The number of benzene rings is 1. The zero-order chi connectivity index (χ0) is 15.6. The number of aliphatic carboxylic acids is 1. The molecule has 21 heavy (non-hydrogen) atoms. The number of carboxylic acid groups (broad SMARTS) is 1. The van der Waals surface area contributed by atoms with E-state index in [-0.39, 0.29) is 13.0 Å². The van der Waals surface area contributed by atoms with Gasteiger partial charge in [-0.1, -0.05) is 22.0 Å². The summed E-state index contributed by atoms with van der Waals surface area (Å²) in [5.41, 5.74) is -2.36. The second-order valence-corrected chi connectivity index (χ2v) is 5.91. The Bertz CT molecular complexity index is 568. The number of amides is 1. The lowest BCUT2D eigenvalue weighted by Crippen LogP contribution is -2.43. The lowest BCUT2D eigenvalue weighted by Gasteiger charge is -2.22. The molecule has 0 saturated carbocycles. The van der Waals surface area contributed by atoms with Crippen LogP contribution in [-0.2, 0) is 9.59 Å². The van der Waals surface area contributed by atoms with E-state index in [2.05, 4.69) is 15.9 Å². The van der Waals surface area contributed by atoms with Crippen LogP contribution in [0.15, 0.2) is 28.7 Å². The Balaban J connectivity index is 1.99. The highest BCUT2D eigenvalue weighted by Gasteiger charge is 2.47. The van der Waals surface area contributed by atoms with Crippen molar-refractivity contribution >= 4 is 27.8 Å². The molecule has 114 valence electrons. The summed E-state index contributed by atoms with van der Waals surface area (Å²) in [6.45, 7) is 1.20. The van der Waals surface area contributed by atoms with Gasteiger partial charge in [0, 0.05) is 17.4 Å². The molecule has 7 heteroatoms. The summed E-state index contributed by atoms with van der Waals surface area (Å²) >= 11 is 3.30. The number of hydrogen-bond donors (Lipinski definition) is 1. The van der Waals surface area contributed by atoms with Gasteiger partial charge in [-0.15, -0.1) is 0 Å². The van der Waals surface area contributed by atoms with Crippen molar-refractivity contribution in [1.82, 2.24) is 4.90 Å². The highest BCUT2D eigenvalue weighted by molar-refractivity contribution is 9.10. The topological polar surface area (TPSA) is 66.8 Å². The van der Waals surface area contributed by atoms with Crippen LogP contribution in [0.4, 0.5) is 4.39 Å². The Morgan fingerprint density at radius 2 is 2.24 bits per heavy atom. The second-order valence-electron chi connectivity index (χ2n) is 5.00. The summed E-state index contributed by atoms with van der Waals surface area (Å²) in [7, 11) is 0. The van der Waals surface area contributed by atoms with Gasteiger partial charge >= 0.3 is 5.97 Å². The maximum absolute atomic E-state index is 13.9. The monoisotopic (exact) mass is 359 g/mol. The van der Waals surface area contributed by atoms with Crippen molar-refractivity contribution in [3.8, 4) is 5.75 Å². The highest BCUT2D eigenvalue weighted by Crippen LogP contribution is 2.27. The number of rotatable bonds is 4. The van der Waals surface area contributed by atoms with Gasteiger partial charge in [-0.3, -0.25) is 4.79 Å². The number of nitrogens with zero attached hydrogens (tertiary/aromatic N) is 1. The molecular weight excluding hydrogens is 345 g/mol. The Labute approximate surface area is 129 Å². The molecule has 1 N–H and O–H groups in total. The van der Waals surface area contributed by atoms with Crippen molar-refractivity contribution in [3.63, 3.8) is 0 Å². The van der Waals surface area contributed by atoms with E-state index >= 15 is 0 Å². The lowest BCUT2D eigenvalue weighted by molar-refractivity contribution is -0.150. The van der Waals surface area contributed by atoms with Crippen LogP contribution in [0.5, 0.6) is 5.75 Å². The predicted octanol–water partition coefficient (Wildman–Crippen LogP) is 2.24. The molecule has 0 aromatic heterocycles. The molecule has 0 radical (unpaired) electrons. The minimum atomic E-state index is -2.36. The average Bonchev–Trinajstić information content (AvgIpc) is 2.82. The number of hydrogen-bond acceptors (Lipinski definition) is 3. The van der Waals surface area contributed by atoms with Crippen molar-refractivity contribution in [2.75, 3.05) is 13.1 Å². The molecule has 0 aliphatic carbocycles. The molecule has 1 aliphatic rings. The molecule has 0 spiro atoms. The number of likely N-dealkylation sites (tertiary alicyclic amines) is 1. The van der Waals surface area contributed by atoms with Gasteiger partial charge in [0.15, 0.2) is 6.10 Å². The van der Waals surface area contributed by atoms with Gasteiger partial charge in [0.05, 0.1) is 6.54 Å². The first-order valence-electron chi connectivity index (χ1n) is 6.45. The molecule has 2 atom stereocenters. The third kappa shape index (κ3) is 3.53. The number of halogens is 2. The Hall–Kier alpha value is -1.63.